The van der Waals surface area contributed by atoms with Crippen LogP contribution < -0.4 is 5.32 Å². The van der Waals surface area contributed by atoms with Gasteiger partial charge in [-0.3, -0.25) is 9.69 Å². The highest BCUT2D eigenvalue weighted by Gasteiger charge is 2.43. The van der Waals surface area contributed by atoms with Crippen LogP contribution in [0.3, 0.4) is 0 Å². The Morgan fingerprint density at radius 3 is 2.50 bits per heavy atom. The van der Waals surface area contributed by atoms with Gasteiger partial charge in [0.2, 0.25) is 0 Å². The van der Waals surface area contributed by atoms with Crippen LogP contribution in [-0.4, -0.2) is 34.7 Å². The van der Waals surface area contributed by atoms with Gasteiger partial charge < -0.3 is 5.32 Å². The van der Waals surface area contributed by atoms with Gasteiger partial charge in [0.1, 0.15) is 5.54 Å². The van der Waals surface area contributed by atoms with E-state index in [1.807, 2.05) is 0 Å². The summed E-state index contributed by atoms with van der Waals surface area (Å²) >= 11 is 1.25. The number of hydrogen-bond acceptors (Lipinski definition) is 3. The van der Waals surface area contributed by atoms with E-state index in [-0.39, 0.29) is 12.5 Å². The van der Waals surface area contributed by atoms with E-state index in [9.17, 15) is 18.4 Å². The highest BCUT2D eigenvalue weighted by molar-refractivity contribution is 7.99. The van der Waals surface area contributed by atoms with Gasteiger partial charge in [0.25, 0.3) is 5.91 Å². The van der Waals surface area contributed by atoms with Gasteiger partial charge in [-0.25, -0.2) is 13.6 Å². The van der Waals surface area contributed by atoms with Crippen molar-refractivity contribution in [1.29, 1.82) is 0 Å². The first-order chi connectivity index (χ1) is 9.31. The molecular weight excluding hydrogens is 286 g/mol. The lowest BCUT2D eigenvalue weighted by atomic mass is 10.1. The molecule has 0 unspecified atom stereocenters. The Bertz CT molecular complexity index is 563. The zero-order valence-electron chi connectivity index (χ0n) is 11.1. The first-order valence-electron chi connectivity index (χ1n) is 6.03. The number of nitrogens with zero attached hydrogens (tertiary/aromatic N) is 1. The minimum atomic E-state index is -0.911. The van der Waals surface area contributed by atoms with E-state index in [0.717, 1.165) is 17.0 Å². The standard InChI is InChI=1S/C13H14F2N2O2S/c1-13(2)11(18)17(12(19)16-13)5-6-20-8-3-4-9(14)10(15)7-8/h3-4,7H,5-6H2,1-2H3,(H,16,19). The molecule has 0 aliphatic carbocycles. The molecule has 0 aromatic heterocycles. The minimum Gasteiger partial charge on any atom is -0.324 e. The maximum absolute atomic E-state index is 13.0. The fourth-order valence-corrected chi connectivity index (χ4v) is 2.70. The second-order valence-electron chi connectivity index (χ2n) is 4.94. The van der Waals surface area contributed by atoms with Gasteiger partial charge in [0.05, 0.1) is 0 Å². The van der Waals surface area contributed by atoms with Crippen molar-refractivity contribution in [3.05, 3.63) is 29.8 Å². The number of carbonyl (C=O) groups is 2. The fraction of sp³-hybridized carbons (Fsp3) is 0.385. The van der Waals surface area contributed by atoms with Crippen LogP contribution >= 0.6 is 11.8 Å². The molecule has 20 heavy (non-hydrogen) atoms. The van der Waals surface area contributed by atoms with Crippen LogP contribution in [0.1, 0.15) is 13.8 Å². The molecule has 0 spiro atoms. The molecule has 2 rings (SSSR count). The molecule has 1 N–H and O–H groups in total. The number of rotatable bonds is 4. The van der Waals surface area contributed by atoms with E-state index in [0.29, 0.717) is 10.6 Å². The average Bonchev–Trinajstić information content (AvgIpc) is 2.55. The van der Waals surface area contributed by atoms with Crippen LogP contribution in [0, 0.1) is 11.6 Å². The maximum Gasteiger partial charge on any atom is 0.325 e. The van der Waals surface area contributed by atoms with Crippen molar-refractivity contribution >= 4 is 23.7 Å². The van der Waals surface area contributed by atoms with E-state index in [1.54, 1.807) is 13.8 Å². The van der Waals surface area contributed by atoms with E-state index in [4.69, 9.17) is 0 Å². The zero-order chi connectivity index (χ0) is 14.9. The Morgan fingerprint density at radius 2 is 1.95 bits per heavy atom. The van der Waals surface area contributed by atoms with Crippen LogP contribution in [0.25, 0.3) is 0 Å². The Hall–Kier alpha value is -1.63. The number of carbonyl (C=O) groups excluding carboxylic acids is 2. The highest BCUT2D eigenvalue weighted by atomic mass is 32.2. The lowest BCUT2D eigenvalue weighted by Crippen LogP contribution is -2.40. The van der Waals surface area contributed by atoms with E-state index in [2.05, 4.69) is 5.32 Å². The third-order valence-electron chi connectivity index (χ3n) is 2.92. The number of amides is 3. The number of urea groups is 1. The molecule has 0 atom stereocenters. The van der Waals surface area contributed by atoms with Crippen molar-refractivity contribution in [2.75, 3.05) is 12.3 Å². The first-order valence-corrected chi connectivity index (χ1v) is 7.02. The molecule has 0 bridgehead atoms. The Morgan fingerprint density at radius 1 is 1.25 bits per heavy atom. The summed E-state index contributed by atoms with van der Waals surface area (Å²) in [7, 11) is 0. The Balaban J connectivity index is 1.92. The van der Waals surface area contributed by atoms with Crippen molar-refractivity contribution in [2.45, 2.75) is 24.3 Å². The van der Waals surface area contributed by atoms with Crippen LogP contribution in [0.15, 0.2) is 23.1 Å². The van der Waals surface area contributed by atoms with Gasteiger partial charge in [-0.2, -0.15) is 0 Å². The molecule has 1 aromatic rings. The van der Waals surface area contributed by atoms with Crippen LogP contribution in [0.4, 0.5) is 13.6 Å². The molecular formula is C13H14F2N2O2S. The van der Waals surface area contributed by atoms with Gasteiger partial charge in [0, 0.05) is 17.2 Å². The predicted octanol–water partition coefficient (Wildman–Crippen LogP) is 2.39. The second-order valence-corrected chi connectivity index (χ2v) is 6.10. The Labute approximate surface area is 119 Å². The molecule has 3 amide bonds. The third-order valence-corrected chi connectivity index (χ3v) is 3.89. The molecule has 1 fully saturated rings. The summed E-state index contributed by atoms with van der Waals surface area (Å²) in [6.07, 6.45) is 0. The summed E-state index contributed by atoms with van der Waals surface area (Å²) in [6.45, 7) is 3.49. The number of imide groups is 1. The van der Waals surface area contributed by atoms with Crippen molar-refractivity contribution in [2.24, 2.45) is 0 Å². The quantitative estimate of drug-likeness (QED) is 0.686. The summed E-state index contributed by atoms with van der Waals surface area (Å²) in [4.78, 5) is 25.2. The zero-order valence-corrected chi connectivity index (χ0v) is 11.9. The number of thioether (sulfide) groups is 1. The van der Waals surface area contributed by atoms with E-state index < -0.39 is 23.2 Å². The number of benzene rings is 1. The molecule has 0 saturated carbocycles. The summed E-state index contributed by atoms with van der Waals surface area (Å²) in [5.41, 5.74) is -0.885. The minimum absolute atomic E-state index is 0.220. The topological polar surface area (TPSA) is 49.4 Å². The number of hydrogen-bond donors (Lipinski definition) is 1. The SMILES string of the molecule is CC1(C)NC(=O)N(CCSc2ccc(F)c(F)c2)C1=O. The Kier molecular flexibility index (Phi) is 3.99. The maximum atomic E-state index is 13.0. The summed E-state index contributed by atoms with van der Waals surface area (Å²) < 4.78 is 25.8. The van der Waals surface area contributed by atoms with Gasteiger partial charge >= 0.3 is 6.03 Å². The average molecular weight is 300 g/mol. The lowest BCUT2D eigenvalue weighted by Gasteiger charge is -2.15. The van der Waals surface area contributed by atoms with Gasteiger partial charge in [-0.15, -0.1) is 11.8 Å². The molecule has 108 valence electrons. The van der Waals surface area contributed by atoms with Crippen molar-refractivity contribution in [1.82, 2.24) is 10.2 Å². The molecule has 1 heterocycles. The van der Waals surface area contributed by atoms with Crippen LogP contribution in [-0.2, 0) is 4.79 Å². The normalized spacial score (nSPS) is 17.5. The van der Waals surface area contributed by atoms with E-state index >= 15 is 0 Å². The molecule has 1 aromatic carbocycles. The van der Waals surface area contributed by atoms with Gasteiger partial charge in [0.15, 0.2) is 11.6 Å². The number of halogens is 2. The third kappa shape index (κ3) is 2.92. The van der Waals surface area contributed by atoms with Crippen LogP contribution in [0.5, 0.6) is 0 Å². The molecule has 4 nitrogen and oxygen atoms in total. The lowest BCUT2D eigenvalue weighted by molar-refractivity contribution is -0.130. The summed E-state index contributed by atoms with van der Waals surface area (Å²) in [5.74, 6) is -1.68. The smallest absolute Gasteiger partial charge is 0.324 e. The molecule has 0 radical (unpaired) electrons. The van der Waals surface area contributed by atoms with Crippen molar-refractivity contribution in [3.8, 4) is 0 Å². The van der Waals surface area contributed by atoms with Crippen molar-refractivity contribution in [3.63, 3.8) is 0 Å². The van der Waals surface area contributed by atoms with Gasteiger partial charge in [-0.1, -0.05) is 0 Å². The predicted molar refractivity (Wildman–Crippen MR) is 71.4 cm³/mol. The summed E-state index contributed by atoms with van der Waals surface area (Å²) in [5, 5.41) is 2.58. The number of nitrogens with one attached hydrogen (secondary N) is 1. The molecule has 1 aliphatic heterocycles. The molecule has 7 heteroatoms. The fourth-order valence-electron chi connectivity index (χ4n) is 1.84. The monoisotopic (exact) mass is 300 g/mol. The largest absolute Gasteiger partial charge is 0.325 e. The first kappa shape index (κ1) is 14.8. The molecule has 1 saturated heterocycles. The molecule has 1 aliphatic rings. The van der Waals surface area contributed by atoms with E-state index in [1.165, 1.54) is 17.8 Å². The van der Waals surface area contributed by atoms with Gasteiger partial charge in [-0.05, 0) is 32.0 Å². The summed E-state index contributed by atoms with van der Waals surface area (Å²) in [6, 6.07) is 3.18. The van der Waals surface area contributed by atoms with Crippen LogP contribution in [0.2, 0.25) is 0 Å². The second kappa shape index (κ2) is 5.40. The van der Waals surface area contributed by atoms with Crippen molar-refractivity contribution < 1.29 is 18.4 Å². The highest BCUT2D eigenvalue weighted by Crippen LogP contribution is 2.22.